The second-order valence-corrected chi connectivity index (χ2v) is 4.40. The molecule has 2 atom stereocenters. The Bertz CT molecular complexity index is 378. The van der Waals surface area contributed by atoms with E-state index < -0.39 is 12.2 Å². The number of anilines is 1. The third-order valence-electron chi connectivity index (χ3n) is 2.65. The lowest BCUT2D eigenvalue weighted by Crippen LogP contribution is -2.22. The van der Waals surface area contributed by atoms with Crippen LogP contribution in [-0.2, 0) is 6.54 Å². The Balaban J connectivity index is 2.07. The van der Waals surface area contributed by atoms with E-state index >= 15 is 0 Å². The first-order valence-electron chi connectivity index (χ1n) is 5.05. The summed E-state index contributed by atoms with van der Waals surface area (Å²) in [4.78, 5) is 6.02. The summed E-state index contributed by atoms with van der Waals surface area (Å²) in [5.74, 6) is 0.416. The van der Waals surface area contributed by atoms with Crippen LogP contribution in [0.15, 0.2) is 12.1 Å². The molecule has 1 aromatic heterocycles. The van der Waals surface area contributed by atoms with Gasteiger partial charge in [-0.25, -0.2) is 4.98 Å². The normalized spacial score (nSPS) is 26.2. The molecule has 2 heterocycles. The molecule has 1 aromatic rings. The number of rotatable bonds is 2. The van der Waals surface area contributed by atoms with E-state index in [4.69, 9.17) is 17.3 Å². The van der Waals surface area contributed by atoms with E-state index in [2.05, 4.69) is 4.98 Å². The zero-order valence-electron chi connectivity index (χ0n) is 8.67. The lowest BCUT2D eigenvalue weighted by Gasteiger charge is -2.15. The van der Waals surface area contributed by atoms with E-state index in [1.807, 2.05) is 4.90 Å². The molecule has 2 unspecified atom stereocenters. The largest absolute Gasteiger partial charge is 0.389 e. The highest BCUT2D eigenvalue weighted by Crippen LogP contribution is 2.19. The van der Waals surface area contributed by atoms with Crippen molar-refractivity contribution in [2.75, 3.05) is 18.8 Å². The number of aliphatic hydroxyl groups is 2. The monoisotopic (exact) mass is 243 g/mol. The average Bonchev–Trinajstić information content (AvgIpc) is 2.52. The Morgan fingerprint density at radius 2 is 2.00 bits per heavy atom. The molecule has 0 aliphatic carbocycles. The molecule has 0 radical (unpaired) electrons. The van der Waals surface area contributed by atoms with E-state index in [1.165, 1.54) is 0 Å². The molecule has 88 valence electrons. The van der Waals surface area contributed by atoms with Gasteiger partial charge in [0.15, 0.2) is 0 Å². The fourth-order valence-electron chi connectivity index (χ4n) is 1.80. The molecule has 2 rings (SSSR count). The summed E-state index contributed by atoms with van der Waals surface area (Å²) in [5, 5.41) is 19.3. The molecule has 1 aliphatic rings. The Kier molecular flexibility index (Phi) is 3.30. The molecule has 0 aromatic carbocycles. The number of hydrogen-bond acceptors (Lipinski definition) is 5. The van der Waals surface area contributed by atoms with Gasteiger partial charge in [-0.1, -0.05) is 11.6 Å². The minimum absolute atomic E-state index is 0.416. The summed E-state index contributed by atoms with van der Waals surface area (Å²) in [7, 11) is 0. The van der Waals surface area contributed by atoms with E-state index in [1.54, 1.807) is 12.1 Å². The smallest absolute Gasteiger partial charge is 0.123 e. The zero-order valence-corrected chi connectivity index (χ0v) is 9.43. The fraction of sp³-hybridized carbons (Fsp3) is 0.500. The van der Waals surface area contributed by atoms with Crippen LogP contribution in [0.1, 0.15) is 5.69 Å². The van der Waals surface area contributed by atoms with Gasteiger partial charge in [0.2, 0.25) is 0 Å². The highest BCUT2D eigenvalue weighted by atomic mass is 35.5. The number of aliphatic hydroxyl groups excluding tert-OH is 2. The summed E-state index contributed by atoms with van der Waals surface area (Å²) in [5.41, 5.74) is 6.24. The quantitative estimate of drug-likeness (QED) is 0.673. The first kappa shape index (κ1) is 11.6. The van der Waals surface area contributed by atoms with Crippen molar-refractivity contribution in [3.8, 4) is 0 Å². The maximum Gasteiger partial charge on any atom is 0.123 e. The van der Waals surface area contributed by atoms with Gasteiger partial charge >= 0.3 is 0 Å². The van der Waals surface area contributed by atoms with Crippen LogP contribution in [0.4, 0.5) is 5.82 Å². The third kappa shape index (κ3) is 2.44. The molecule has 0 spiro atoms. The topological polar surface area (TPSA) is 82.6 Å². The molecule has 0 saturated carbocycles. The van der Waals surface area contributed by atoms with E-state index in [0.29, 0.717) is 36.2 Å². The second-order valence-electron chi connectivity index (χ2n) is 3.99. The van der Waals surface area contributed by atoms with Gasteiger partial charge in [0.25, 0.3) is 0 Å². The summed E-state index contributed by atoms with van der Waals surface area (Å²) in [6.45, 7) is 1.33. The third-order valence-corrected chi connectivity index (χ3v) is 2.99. The SMILES string of the molecule is Nc1ccc(Cl)c(CN2CC(O)C(O)C2)n1. The predicted molar refractivity (Wildman–Crippen MR) is 61.0 cm³/mol. The van der Waals surface area contributed by atoms with Gasteiger partial charge in [0.05, 0.1) is 22.9 Å². The van der Waals surface area contributed by atoms with E-state index in [9.17, 15) is 10.2 Å². The van der Waals surface area contributed by atoms with Gasteiger partial charge < -0.3 is 15.9 Å². The molecule has 16 heavy (non-hydrogen) atoms. The number of pyridine rings is 1. The maximum absolute atomic E-state index is 9.40. The van der Waals surface area contributed by atoms with Crippen LogP contribution in [0.25, 0.3) is 0 Å². The van der Waals surface area contributed by atoms with E-state index in [0.717, 1.165) is 0 Å². The number of likely N-dealkylation sites (tertiary alicyclic amines) is 1. The Morgan fingerprint density at radius 3 is 2.62 bits per heavy atom. The summed E-state index contributed by atoms with van der Waals surface area (Å²) < 4.78 is 0. The molecule has 0 amide bonds. The highest BCUT2D eigenvalue weighted by Gasteiger charge is 2.29. The Hall–Kier alpha value is -0.880. The minimum Gasteiger partial charge on any atom is -0.389 e. The molecular weight excluding hydrogens is 230 g/mol. The first-order valence-corrected chi connectivity index (χ1v) is 5.43. The van der Waals surface area contributed by atoms with Crippen LogP contribution < -0.4 is 5.73 Å². The number of nitrogens with two attached hydrogens (primary N) is 1. The molecule has 6 heteroatoms. The number of halogens is 1. The summed E-state index contributed by atoms with van der Waals surface area (Å²) >= 11 is 5.98. The Morgan fingerprint density at radius 1 is 1.38 bits per heavy atom. The first-order chi connectivity index (χ1) is 7.56. The maximum atomic E-state index is 9.40. The van der Waals surface area contributed by atoms with Gasteiger partial charge in [0, 0.05) is 19.6 Å². The van der Waals surface area contributed by atoms with Gasteiger partial charge in [-0.05, 0) is 12.1 Å². The standard InChI is InChI=1S/C10H14ClN3O2/c11-6-1-2-10(12)13-7(6)3-14-4-8(15)9(16)5-14/h1-2,8-9,15-16H,3-5H2,(H2,12,13). The van der Waals surface area contributed by atoms with Crippen molar-refractivity contribution in [2.45, 2.75) is 18.8 Å². The predicted octanol–water partition coefficient (Wildman–Crippen LogP) is -0.145. The number of nitrogen functional groups attached to an aromatic ring is 1. The van der Waals surface area contributed by atoms with Crippen LogP contribution in [0, 0.1) is 0 Å². The van der Waals surface area contributed by atoms with Crippen molar-refractivity contribution >= 4 is 17.4 Å². The lowest BCUT2D eigenvalue weighted by molar-refractivity contribution is 0.0572. The summed E-state index contributed by atoms with van der Waals surface area (Å²) in [6, 6.07) is 3.33. The fourth-order valence-corrected chi connectivity index (χ4v) is 1.97. The molecule has 1 fully saturated rings. The molecule has 0 bridgehead atoms. The van der Waals surface area contributed by atoms with Crippen molar-refractivity contribution < 1.29 is 10.2 Å². The number of hydrogen-bond donors (Lipinski definition) is 3. The minimum atomic E-state index is -0.695. The molecule has 4 N–H and O–H groups in total. The van der Waals surface area contributed by atoms with E-state index in [-0.39, 0.29) is 0 Å². The van der Waals surface area contributed by atoms with Crippen molar-refractivity contribution in [1.29, 1.82) is 0 Å². The van der Waals surface area contributed by atoms with Gasteiger partial charge in [-0.15, -0.1) is 0 Å². The number of nitrogens with zero attached hydrogens (tertiary/aromatic N) is 2. The van der Waals surface area contributed by atoms with Crippen LogP contribution in [0.3, 0.4) is 0 Å². The average molecular weight is 244 g/mol. The van der Waals surface area contributed by atoms with Crippen LogP contribution in [0.5, 0.6) is 0 Å². The highest BCUT2D eigenvalue weighted by molar-refractivity contribution is 6.31. The van der Waals surface area contributed by atoms with Crippen molar-refractivity contribution in [1.82, 2.24) is 9.88 Å². The number of β-amino-alcohol motifs (C(OH)–C–C–N with tert-alkyl or cyclic N) is 2. The number of aromatic nitrogens is 1. The zero-order chi connectivity index (χ0) is 11.7. The van der Waals surface area contributed by atoms with Gasteiger partial charge in [0.1, 0.15) is 5.82 Å². The van der Waals surface area contributed by atoms with Gasteiger partial charge in [-0.3, -0.25) is 4.90 Å². The molecule has 1 saturated heterocycles. The van der Waals surface area contributed by atoms with Gasteiger partial charge in [-0.2, -0.15) is 0 Å². The van der Waals surface area contributed by atoms with Crippen LogP contribution >= 0.6 is 11.6 Å². The summed E-state index contributed by atoms with van der Waals surface area (Å²) in [6.07, 6.45) is -1.39. The second kappa shape index (κ2) is 4.55. The van der Waals surface area contributed by atoms with Crippen molar-refractivity contribution in [3.05, 3.63) is 22.8 Å². The van der Waals surface area contributed by atoms with Crippen molar-refractivity contribution in [2.24, 2.45) is 0 Å². The molecule has 1 aliphatic heterocycles. The van der Waals surface area contributed by atoms with Crippen LogP contribution in [0.2, 0.25) is 5.02 Å². The van der Waals surface area contributed by atoms with Crippen LogP contribution in [-0.4, -0.2) is 45.4 Å². The lowest BCUT2D eigenvalue weighted by atomic mass is 10.3. The van der Waals surface area contributed by atoms with Crippen molar-refractivity contribution in [3.63, 3.8) is 0 Å². The molecule has 5 nitrogen and oxygen atoms in total. The molecular formula is C10H14ClN3O2. The Labute approximate surface area is 98.5 Å².